The summed E-state index contributed by atoms with van der Waals surface area (Å²) in [5.41, 5.74) is 6.72. The summed E-state index contributed by atoms with van der Waals surface area (Å²) in [6.45, 7) is 2.25. The number of ether oxygens (including phenoxy) is 2. The molecule has 0 unspecified atom stereocenters. The van der Waals surface area contributed by atoms with Gasteiger partial charge in [0, 0.05) is 11.3 Å². The van der Waals surface area contributed by atoms with Crippen molar-refractivity contribution in [3.63, 3.8) is 0 Å². The number of thiophene rings is 1. The van der Waals surface area contributed by atoms with Crippen LogP contribution in [-0.2, 0) is 9.53 Å². The Hall–Kier alpha value is -2.54. The molecule has 1 aromatic carbocycles. The second-order valence-corrected chi connectivity index (χ2v) is 6.39. The van der Waals surface area contributed by atoms with Crippen molar-refractivity contribution in [1.29, 1.82) is 0 Å². The van der Waals surface area contributed by atoms with Crippen molar-refractivity contribution in [2.75, 3.05) is 24.8 Å². The van der Waals surface area contributed by atoms with Gasteiger partial charge in [0.05, 0.1) is 25.0 Å². The van der Waals surface area contributed by atoms with Gasteiger partial charge in [-0.3, -0.25) is 4.79 Å². The lowest BCUT2D eigenvalue weighted by atomic mass is 10.2. The molecular weight excluding hydrogens is 328 g/mol. The summed E-state index contributed by atoms with van der Waals surface area (Å²) >= 11 is 1.34. The van der Waals surface area contributed by atoms with E-state index in [1.807, 2.05) is 19.1 Å². The SMILES string of the molecule is COC(=O)c1cc(C)sc1NC(=O)CCCOc1ccccc1N. The molecule has 128 valence electrons. The summed E-state index contributed by atoms with van der Waals surface area (Å²) < 4.78 is 10.3. The number of carbonyl (C=O) groups excluding carboxylic acids is 2. The lowest BCUT2D eigenvalue weighted by Gasteiger charge is -2.08. The number of para-hydroxylation sites is 2. The predicted octanol–water partition coefficient (Wildman–Crippen LogP) is 3.22. The first kappa shape index (κ1) is 17.8. The number of amides is 1. The fourth-order valence-electron chi connectivity index (χ4n) is 2.08. The van der Waals surface area contributed by atoms with E-state index in [0.717, 1.165) is 4.88 Å². The summed E-state index contributed by atoms with van der Waals surface area (Å²) in [5, 5.41) is 3.27. The van der Waals surface area contributed by atoms with Crippen molar-refractivity contribution in [1.82, 2.24) is 0 Å². The van der Waals surface area contributed by atoms with E-state index in [-0.39, 0.29) is 12.3 Å². The molecule has 1 amide bonds. The number of aryl methyl sites for hydroxylation is 1. The van der Waals surface area contributed by atoms with Crippen LogP contribution in [0.5, 0.6) is 5.75 Å². The number of hydrogen-bond donors (Lipinski definition) is 2. The van der Waals surface area contributed by atoms with Crippen molar-refractivity contribution in [3.05, 3.63) is 40.8 Å². The molecule has 6 nitrogen and oxygen atoms in total. The van der Waals surface area contributed by atoms with E-state index in [1.165, 1.54) is 18.4 Å². The summed E-state index contributed by atoms with van der Waals surface area (Å²) in [4.78, 5) is 24.6. The number of nitrogens with one attached hydrogen (secondary N) is 1. The Morgan fingerprint density at radius 3 is 2.75 bits per heavy atom. The van der Waals surface area contributed by atoms with Gasteiger partial charge in [-0.1, -0.05) is 12.1 Å². The molecule has 0 spiro atoms. The van der Waals surface area contributed by atoms with E-state index >= 15 is 0 Å². The molecule has 2 rings (SSSR count). The number of nitrogen functional groups attached to an aromatic ring is 1. The van der Waals surface area contributed by atoms with Crippen LogP contribution in [-0.4, -0.2) is 25.6 Å². The first-order valence-electron chi connectivity index (χ1n) is 7.47. The molecule has 24 heavy (non-hydrogen) atoms. The first-order valence-corrected chi connectivity index (χ1v) is 8.29. The number of methoxy groups -OCH3 is 1. The highest BCUT2D eigenvalue weighted by Gasteiger charge is 2.17. The van der Waals surface area contributed by atoms with Crippen molar-refractivity contribution in [3.8, 4) is 5.75 Å². The minimum atomic E-state index is -0.461. The highest BCUT2D eigenvalue weighted by atomic mass is 32.1. The number of carbonyl (C=O) groups is 2. The molecule has 0 saturated carbocycles. The minimum Gasteiger partial charge on any atom is -0.491 e. The second kappa shape index (κ2) is 8.35. The van der Waals surface area contributed by atoms with Gasteiger partial charge in [0.25, 0.3) is 0 Å². The Bertz CT molecular complexity index is 727. The summed E-state index contributed by atoms with van der Waals surface area (Å²) in [6.07, 6.45) is 0.822. The highest BCUT2D eigenvalue weighted by Crippen LogP contribution is 2.28. The molecule has 0 bridgehead atoms. The molecule has 0 aliphatic carbocycles. The van der Waals surface area contributed by atoms with E-state index in [1.54, 1.807) is 18.2 Å². The largest absolute Gasteiger partial charge is 0.491 e. The van der Waals surface area contributed by atoms with Gasteiger partial charge in [0.2, 0.25) is 5.91 Å². The Kier molecular flexibility index (Phi) is 6.20. The number of esters is 1. The van der Waals surface area contributed by atoms with Gasteiger partial charge in [0.15, 0.2) is 0 Å². The number of hydrogen-bond acceptors (Lipinski definition) is 6. The molecule has 0 atom stereocenters. The van der Waals surface area contributed by atoms with Gasteiger partial charge < -0.3 is 20.5 Å². The average Bonchev–Trinajstić information content (AvgIpc) is 2.92. The third kappa shape index (κ3) is 4.73. The predicted molar refractivity (Wildman–Crippen MR) is 94.6 cm³/mol. The van der Waals surface area contributed by atoms with Crippen LogP contribution in [0.1, 0.15) is 28.1 Å². The van der Waals surface area contributed by atoms with Crippen LogP contribution in [0.4, 0.5) is 10.7 Å². The van der Waals surface area contributed by atoms with Crippen LogP contribution in [0, 0.1) is 6.92 Å². The molecule has 2 aromatic rings. The number of anilines is 2. The Labute approximate surface area is 144 Å². The molecule has 7 heteroatoms. The third-order valence-electron chi connectivity index (χ3n) is 3.24. The van der Waals surface area contributed by atoms with Gasteiger partial charge in [0.1, 0.15) is 10.8 Å². The molecule has 0 saturated heterocycles. The van der Waals surface area contributed by atoms with Crippen LogP contribution < -0.4 is 15.8 Å². The maximum Gasteiger partial charge on any atom is 0.340 e. The van der Waals surface area contributed by atoms with E-state index in [0.29, 0.717) is 35.0 Å². The van der Waals surface area contributed by atoms with Gasteiger partial charge in [-0.2, -0.15) is 0 Å². The molecule has 0 aliphatic rings. The first-order chi connectivity index (χ1) is 11.5. The highest BCUT2D eigenvalue weighted by molar-refractivity contribution is 7.16. The summed E-state index contributed by atoms with van der Waals surface area (Å²) in [5.74, 6) is -0.0241. The van der Waals surface area contributed by atoms with Crippen molar-refractivity contribution in [2.24, 2.45) is 0 Å². The fraction of sp³-hybridized carbons (Fsp3) is 0.294. The lowest BCUT2D eigenvalue weighted by Crippen LogP contribution is -2.14. The lowest BCUT2D eigenvalue weighted by molar-refractivity contribution is -0.116. The average molecular weight is 348 g/mol. The van der Waals surface area contributed by atoms with E-state index < -0.39 is 5.97 Å². The minimum absolute atomic E-state index is 0.174. The van der Waals surface area contributed by atoms with Crippen molar-refractivity contribution < 1.29 is 19.1 Å². The Balaban J connectivity index is 1.82. The standard InChI is InChI=1S/C17H20N2O4S/c1-11-10-12(17(21)22-2)16(24-11)19-15(20)8-5-9-23-14-7-4-3-6-13(14)18/h3-4,6-7,10H,5,8-9,18H2,1-2H3,(H,19,20). The van der Waals surface area contributed by atoms with Crippen LogP contribution in [0.15, 0.2) is 30.3 Å². The quantitative estimate of drug-likeness (QED) is 0.455. The number of rotatable bonds is 7. The van der Waals surface area contributed by atoms with Crippen LogP contribution in [0.25, 0.3) is 0 Å². The molecule has 0 aliphatic heterocycles. The van der Waals surface area contributed by atoms with Gasteiger partial charge >= 0.3 is 5.97 Å². The van der Waals surface area contributed by atoms with Crippen LogP contribution >= 0.6 is 11.3 Å². The van der Waals surface area contributed by atoms with Gasteiger partial charge in [-0.05, 0) is 31.5 Å². The molecule has 3 N–H and O–H groups in total. The zero-order valence-electron chi connectivity index (χ0n) is 13.6. The van der Waals surface area contributed by atoms with E-state index in [2.05, 4.69) is 5.32 Å². The van der Waals surface area contributed by atoms with Crippen molar-refractivity contribution >= 4 is 33.9 Å². The van der Waals surface area contributed by atoms with E-state index in [9.17, 15) is 9.59 Å². The smallest absolute Gasteiger partial charge is 0.340 e. The van der Waals surface area contributed by atoms with E-state index in [4.69, 9.17) is 15.2 Å². The molecule has 0 fully saturated rings. The second-order valence-electron chi connectivity index (χ2n) is 5.13. The number of nitrogens with two attached hydrogens (primary N) is 1. The molecule has 1 aromatic heterocycles. The monoisotopic (exact) mass is 348 g/mol. The van der Waals surface area contributed by atoms with Crippen molar-refractivity contribution in [2.45, 2.75) is 19.8 Å². The topological polar surface area (TPSA) is 90.6 Å². The van der Waals surface area contributed by atoms with Crippen LogP contribution in [0.2, 0.25) is 0 Å². The van der Waals surface area contributed by atoms with Crippen LogP contribution in [0.3, 0.4) is 0 Å². The maximum absolute atomic E-state index is 12.0. The Morgan fingerprint density at radius 2 is 2.04 bits per heavy atom. The maximum atomic E-state index is 12.0. The number of benzene rings is 1. The molecule has 1 heterocycles. The zero-order chi connectivity index (χ0) is 17.5. The third-order valence-corrected chi connectivity index (χ3v) is 4.20. The molecule has 0 radical (unpaired) electrons. The summed E-state index contributed by atoms with van der Waals surface area (Å²) in [7, 11) is 1.31. The molecular formula is C17H20N2O4S. The summed E-state index contributed by atoms with van der Waals surface area (Å²) in [6, 6.07) is 8.92. The Morgan fingerprint density at radius 1 is 1.29 bits per heavy atom. The zero-order valence-corrected chi connectivity index (χ0v) is 14.4. The van der Waals surface area contributed by atoms with Gasteiger partial charge in [-0.15, -0.1) is 11.3 Å². The fourth-order valence-corrected chi connectivity index (χ4v) is 3.00. The normalized spacial score (nSPS) is 10.2. The van der Waals surface area contributed by atoms with Gasteiger partial charge in [-0.25, -0.2) is 4.79 Å².